The zero-order chi connectivity index (χ0) is 15.7. The molecule has 1 saturated carbocycles. The predicted octanol–water partition coefficient (Wildman–Crippen LogP) is 2.87. The Hall–Kier alpha value is -2.17. The third kappa shape index (κ3) is 2.75. The van der Waals surface area contributed by atoms with E-state index >= 15 is 0 Å². The molecule has 22 heavy (non-hydrogen) atoms. The molecule has 116 valence electrons. The van der Waals surface area contributed by atoms with E-state index in [9.17, 15) is 14.0 Å². The molecule has 1 N–H and O–H groups in total. The number of halogens is 1. The summed E-state index contributed by atoms with van der Waals surface area (Å²) >= 11 is 0. The highest BCUT2D eigenvalue weighted by Gasteiger charge is 2.38. The zero-order valence-electron chi connectivity index (χ0n) is 12.6. The lowest BCUT2D eigenvalue weighted by molar-refractivity contribution is -0.127. The van der Waals surface area contributed by atoms with Crippen molar-refractivity contribution in [3.63, 3.8) is 0 Å². The summed E-state index contributed by atoms with van der Waals surface area (Å²) in [6.45, 7) is 0. The summed E-state index contributed by atoms with van der Waals surface area (Å²) in [5, 5.41) is 2.66. The lowest BCUT2D eigenvalue weighted by Gasteiger charge is -2.26. The number of carbonyl (C=O) groups is 2. The van der Waals surface area contributed by atoms with Crippen LogP contribution in [0, 0.1) is 5.82 Å². The van der Waals surface area contributed by atoms with Crippen LogP contribution in [-0.2, 0) is 9.59 Å². The van der Waals surface area contributed by atoms with Gasteiger partial charge in [-0.3, -0.25) is 9.59 Å². The van der Waals surface area contributed by atoms with Crippen molar-refractivity contribution in [2.75, 3.05) is 12.4 Å². The molecule has 1 aromatic carbocycles. The highest BCUT2D eigenvalue weighted by molar-refractivity contribution is 6.04. The van der Waals surface area contributed by atoms with Crippen molar-refractivity contribution < 1.29 is 14.0 Å². The number of nitrogens with zero attached hydrogens (tertiary/aromatic N) is 1. The van der Waals surface area contributed by atoms with Gasteiger partial charge >= 0.3 is 0 Å². The maximum Gasteiger partial charge on any atom is 0.250 e. The second kappa shape index (κ2) is 5.91. The third-order valence-electron chi connectivity index (χ3n) is 4.46. The van der Waals surface area contributed by atoms with Crippen LogP contribution in [0.3, 0.4) is 0 Å². The van der Waals surface area contributed by atoms with Crippen molar-refractivity contribution in [1.82, 2.24) is 4.90 Å². The fourth-order valence-corrected chi connectivity index (χ4v) is 3.39. The monoisotopic (exact) mass is 302 g/mol. The molecule has 0 aromatic heterocycles. The van der Waals surface area contributed by atoms with Gasteiger partial charge < -0.3 is 10.2 Å². The summed E-state index contributed by atoms with van der Waals surface area (Å²) in [4.78, 5) is 26.3. The minimum Gasteiger partial charge on any atom is -0.335 e. The van der Waals surface area contributed by atoms with E-state index in [1.54, 1.807) is 24.1 Å². The van der Waals surface area contributed by atoms with Gasteiger partial charge in [-0.1, -0.05) is 12.5 Å². The van der Waals surface area contributed by atoms with Crippen LogP contribution in [0.2, 0.25) is 0 Å². The number of hydrogen-bond donors (Lipinski definition) is 1. The molecule has 1 unspecified atom stereocenters. The van der Waals surface area contributed by atoms with Crippen LogP contribution in [0.25, 0.3) is 0 Å². The van der Waals surface area contributed by atoms with Gasteiger partial charge in [0, 0.05) is 18.3 Å². The zero-order valence-corrected chi connectivity index (χ0v) is 12.6. The molecule has 5 heteroatoms. The van der Waals surface area contributed by atoms with Gasteiger partial charge in [0.25, 0.3) is 5.91 Å². The second-order valence-corrected chi connectivity index (χ2v) is 5.92. The molecule has 4 nitrogen and oxygen atoms in total. The number of benzene rings is 1. The van der Waals surface area contributed by atoms with Crippen molar-refractivity contribution in [3.8, 4) is 0 Å². The smallest absolute Gasteiger partial charge is 0.250 e. The van der Waals surface area contributed by atoms with E-state index in [2.05, 4.69) is 5.32 Å². The van der Waals surface area contributed by atoms with E-state index in [4.69, 9.17) is 0 Å². The van der Waals surface area contributed by atoms with E-state index in [-0.39, 0.29) is 24.3 Å². The van der Waals surface area contributed by atoms with Gasteiger partial charge in [-0.2, -0.15) is 0 Å². The van der Waals surface area contributed by atoms with Crippen LogP contribution in [0.4, 0.5) is 10.1 Å². The standard InChI is InChI=1S/C17H19FN2O2/c1-20-15-8-3-2-7-13(15)14(17(20)22)10-16(21)19-12-6-4-5-11(18)9-12/h4-6,9,15H,2-3,7-8,10H2,1H3,(H,19,21). The first-order valence-electron chi connectivity index (χ1n) is 7.61. The lowest BCUT2D eigenvalue weighted by Crippen LogP contribution is -2.33. The number of fused-ring (bicyclic) bond motifs is 1. The minimum atomic E-state index is -0.399. The summed E-state index contributed by atoms with van der Waals surface area (Å²) in [6, 6.07) is 5.92. The fraction of sp³-hybridized carbons (Fsp3) is 0.412. The molecule has 0 spiro atoms. The summed E-state index contributed by atoms with van der Waals surface area (Å²) in [7, 11) is 1.80. The Labute approximate surface area is 129 Å². The van der Waals surface area contributed by atoms with Crippen LogP contribution < -0.4 is 5.32 Å². The van der Waals surface area contributed by atoms with Crippen molar-refractivity contribution in [2.24, 2.45) is 0 Å². The van der Waals surface area contributed by atoms with E-state index in [0.29, 0.717) is 11.3 Å². The molecule has 3 rings (SSSR count). The highest BCUT2D eigenvalue weighted by Crippen LogP contribution is 2.37. The van der Waals surface area contributed by atoms with Crippen molar-refractivity contribution >= 4 is 17.5 Å². The summed E-state index contributed by atoms with van der Waals surface area (Å²) in [6.07, 6.45) is 4.12. The molecule has 1 aliphatic heterocycles. The van der Waals surface area contributed by atoms with Crippen LogP contribution in [0.1, 0.15) is 32.1 Å². The Morgan fingerprint density at radius 3 is 3.00 bits per heavy atom. The van der Waals surface area contributed by atoms with E-state index in [1.165, 1.54) is 12.1 Å². The van der Waals surface area contributed by atoms with Gasteiger partial charge in [0.2, 0.25) is 5.91 Å². The molecule has 2 amide bonds. The van der Waals surface area contributed by atoms with Gasteiger partial charge in [0.15, 0.2) is 0 Å². The fourth-order valence-electron chi connectivity index (χ4n) is 3.39. The van der Waals surface area contributed by atoms with Crippen molar-refractivity contribution in [1.29, 1.82) is 0 Å². The number of carbonyl (C=O) groups excluding carboxylic acids is 2. The van der Waals surface area contributed by atoms with E-state index < -0.39 is 5.82 Å². The molecule has 0 radical (unpaired) electrons. The maximum atomic E-state index is 13.1. The van der Waals surface area contributed by atoms with Gasteiger partial charge in [-0.05, 0) is 43.0 Å². The Morgan fingerprint density at radius 2 is 2.23 bits per heavy atom. The first-order valence-corrected chi connectivity index (χ1v) is 7.61. The maximum absolute atomic E-state index is 13.1. The van der Waals surface area contributed by atoms with Crippen LogP contribution in [0.15, 0.2) is 35.4 Å². The Kier molecular flexibility index (Phi) is 3.96. The average Bonchev–Trinajstić information content (AvgIpc) is 2.73. The second-order valence-electron chi connectivity index (χ2n) is 5.92. The van der Waals surface area contributed by atoms with E-state index in [1.807, 2.05) is 0 Å². The third-order valence-corrected chi connectivity index (χ3v) is 4.46. The molecule has 0 bridgehead atoms. The Balaban J connectivity index is 1.74. The summed E-state index contributed by atoms with van der Waals surface area (Å²) in [5.41, 5.74) is 2.16. The van der Waals surface area contributed by atoms with Crippen molar-refractivity contribution in [3.05, 3.63) is 41.2 Å². The molecule has 1 heterocycles. The summed E-state index contributed by atoms with van der Waals surface area (Å²) < 4.78 is 13.1. The average molecular weight is 302 g/mol. The lowest BCUT2D eigenvalue weighted by atomic mass is 9.88. The van der Waals surface area contributed by atoms with Crippen LogP contribution >= 0.6 is 0 Å². The SMILES string of the molecule is CN1C(=O)C(CC(=O)Nc2cccc(F)c2)=C2CCCCC21. The number of nitrogens with one attached hydrogen (secondary N) is 1. The number of anilines is 1. The van der Waals surface area contributed by atoms with Crippen LogP contribution in [0.5, 0.6) is 0 Å². The van der Waals surface area contributed by atoms with Gasteiger partial charge in [0.1, 0.15) is 5.82 Å². The van der Waals surface area contributed by atoms with E-state index in [0.717, 1.165) is 31.3 Å². The minimum absolute atomic E-state index is 0.0451. The molecule has 1 atom stereocenters. The first-order chi connectivity index (χ1) is 10.6. The molecule has 1 aromatic rings. The van der Waals surface area contributed by atoms with Crippen LogP contribution in [-0.4, -0.2) is 29.8 Å². The van der Waals surface area contributed by atoms with Crippen molar-refractivity contribution in [2.45, 2.75) is 38.1 Å². The molecule has 2 aliphatic rings. The summed E-state index contributed by atoms with van der Waals surface area (Å²) in [5.74, 6) is -0.721. The predicted molar refractivity (Wildman–Crippen MR) is 81.7 cm³/mol. The Bertz CT molecular complexity index is 654. The number of amides is 2. The molecule has 1 aliphatic carbocycles. The first kappa shape index (κ1) is 14.8. The van der Waals surface area contributed by atoms with Gasteiger partial charge in [-0.15, -0.1) is 0 Å². The van der Waals surface area contributed by atoms with Gasteiger partial charge in [0.05, 0.1) is 12.5 Å². The topological polar surface area (TPSA) is 49.4 Å². The van der Waals surface area contributed by atoms with Gasteiger partial charge in [-0.25, -0.2) is 4.39 Å². The number of hydrogen-bond acceptors (Lipinski definition) is 2. The molecular formula is C17H19FN2O2. The normalized spacial score (nSPS) is 21.1. The Morgan fingerprint density at radius 1 is 1.41 bits per heavy atom. The molecule has 1 fully saturated rings. The molecule has 0 saturated heterocycles. The number of rotatable bonds is 3. The highest BCUT2D eigenvalue weighted by atomic mass is 19.1. The quantitative estimate of drug-likeness (QED) is 0.933. The molecular weight excluding hydrogens is 283 g/mol. The number of likely N-dealkylation sites (N-methyl/N-ethyl adjacent to an activating group) is 1. The largest absolute Gasteiger partial charge is 0.335 e.